The SMILES string of the molecule is CC.CC(C)(C)c1ccccc1.CC(C)(C)c1ccccc1-c1ccccc1. The van der Waals surface area contributed by atoms with Crippen LogP contribution in [0.1, 0.15) is 66.5 Å². The molecule has 3 aromatic carbocycles. The van der Waals surface area contributed by atoms with Gasteiger partial charge >= 0.3 is 0 Å². The van der Waals surface area contributed by atoms with E-state index < -0.39 is 0 Å². The van der Waals surface area contributed by atoms with Crippen LogP contribution in [0.3, 0.4) is 0 Å². The third-order valence-corrected chi connectivity index (χ3v) is 4.46. The van der Waals surface area contributed by atoms with Crippen LogP contribution in [0.25, 0.3) is 11.1 Å². The van der Waals surface area contributed by atoms with Gasteiger partial charge in [0.05, 0.1) is 0 Å². The molecule has 0 bridgehead atoms. The fourth-order valence-electron chi connectivity index (χ4n) is 2.94. The van der Waals surface area contributed by atoms with Crippen LogP contribution in [0.4, 0.5) is 0 Å². The zero-order valence-electron chi connectivity index (χ0n) is 19.1. The molecule has 0 fully saturated rings. The lowest BCUT2D eigenvalue weighted by Crippen LogP contribution is -2.12. The first kappa shape index (κ1) is 23.7. The standard InChI is InChI=1S/C16H18.C10H14.C2H6/c1-16(2,3)15-12-8-7-11-14(15)13-9-5-4-6-10-13;1-10(2,3)9-7-5-4-6-8-9;1-2/h4-12H,1-3H3;4-8H,1-3H3;1-2H3. The van der Waals surface area contributed by atoms with Gasteiger partial charge in [0.1, 0.15) is 0 Å². The second-order valence-corrected chi connectivity index (χ2v) is 8.78. The maximum atomic E-state index is 2.26. The summed E-state index contributed by atoms with van der Waals surface area (Å²) in [6.45, 7) is 17.4. The molecule has 0 saturated carbocycles. The summed E-state index contributed by atoms with van der Waals surface area (Å²) in [4.78, 5) is 0. The largest absolute Gasteiger partial charge is 0.0683 e. The first-order valence-electron chi connectivity index (χ1n) is 10.4. The molecule has 0 spiro atoms. The smallest absolute Gasteiger partial charge is 0.0126 e. The Kier molecular flexibility index (Phi) is 9.19. The van der Waals surface area contributed by atoms with E-state index in [1.165, 1.54) is 22.3 Å². The van der Waals surface area contributed by atoms with E-state index in [4.69, 9.17) is 0 Å². The van der Waals surface area contributed by atoms with Gasteiger partial charge in [-0.25, -0.2) is 0 Å². The average molecular weight is 375 g/mol. The fourth-order valence-corrected chi connectivity index (χ4v) is 2.94. The van der Waals surface area contributed by atoms with Crippen molar-refractivity contribution in [3.8, 4) is 11.1 Å². The Morgan fingerprint density at radius 2 is 0.893 bits per heavy atom. The van der Waals surface area contributed by atoms with Crippen LogP contribution >= 0.6 is 0 Å². The molecular formula is C28H38. The molecule has 0 aliphatic carbocycles. The highest BCUT2D eigenvalue weighted by atomic mass is 14.2. The lowest BCUT2D eigenvalue weighted by molar-refractivity contribution is 0.590. The maximum absolute atomic E-state index is 2.26. The second kappa shape index (κ2) is 10.9. The van der Waals surface area contributed by atoms with Gasteiger partial charge in [-0.3, -0.25) is 0 Å². The first-order chi connectivity index (χ1) is 13.2. The number of benzene rings is 3. The first-order valence-corrected chi connectivity index (χ1v) is 10.4. The minimum atomic E-state index is 0.187. The molecular weight excluding hydrogens is 336 g/mol. The van der Waals surface area contributed by atoms with Crippen LogP contribution in [-0.4, -0.2) is 0 Å². The minimum absolute atomic E-state index is 0.187. The number of hydrogen-bond donors (Lipinski definition) is 0. The summed E-state index contributed by atoms with van der Waals surface area (Å²) in [5.41, 5.74) is 5.92. The molecule has 0 saturated heterocycles. The predicted molar refractivity (Wildman–Crippen MR) is 127 cm³/mol. The van der Waals surface area contributed by atoms with Crippen molar-refractivity contribution in [2.45, 2.75) is 66.2 Å². The van der Waals surface area contributed by atoms with Crippen molar-refractivity contribution in [1.82, 2.24) is 0 Å². The number of hydrogen-bond acceptors (Lipinski definition) is 0. The molecule has 0 heterocycles. The molecule has 0 aliphatic heterocycles. The van der Waals surface area contributed by atoms with E-state index in [0.29, 0.717) is 5.41 Å². The van der Waals surface area contributed by atoms with Gasteiger partial charge in [-0.15, -0.1) is 0 Å². The highest BCUT2D eigenvalue weighted by Gasteiger charge is 2.17. The van der Waals surface area contributed by atoms with E-state index in [0.717, 1.165) is 0 Å². The van der Waals surface area contributed by atoms with E-state index >= 15 is 0 Å². The Morgan fingerprint density at radius 3 is 1.32 bits per heavy atom. The Labute approximate surface area is 173 Å². The van der Waals surface area contributed by atoms with E-state index in [9.17, 15) is 0 Å². The van der Waals surface area contributed by atoms with Crippen LogP contribution in [0.2, 0.25) is 0 Å². The Balaban J connectivity index is 0.000000281. The molecule has 0 aromatic heterocycles. The summed E-state index contributed by atoms with van der Waals surface area (Å²) in [6.07, 6.45) is 0. The molecule has 28 heavy (non-hydrogen) atoms. The van der Waals surface area contributed by atoms with Crippen molar-refractivity contribution in [1.29, 1.82) is 0 Å². The van der Waals surface area contributed by atoms with E-state index in [1.54, 1.807) is 0 Å². The molecule has 0 radical (unpaired) electrons. The van der Waals surface area contributed by atoms with Gasteiger partial charge in [-0.05, 0) is 33.1 Å². The molecule has 0 atom stereocenters. The monoisotopic (exact) mass is 374 g/mol. The van der Waals surface area contributed by atoms with Gasteiger partial charge in [-0.1, -0.05) is 140 Å². The Morgan fingerprint density at radius 1 is 0.464 bits per heavy atom. The highest BCUT2D eigenvalue weighted by Crippen LogP contribution is 2.32. The summed E-state index contributed by atoms with van der Waals surface area (Å²) in [5, 5.41) is 0. The quantitative estimate of drug-likeness (QED) is 0.399. The lowest BCUT2D eigenvalue weighted by Gasteiger charge is -2.23. The summed E-state index contributed by atoms with van der Waals surface area (Å²) in [7, 11) is 0. The molecule has 0 amide bonds. The Hall–Kier alpha value is -2.34. The molecule has 3 aromatic rings. The molecule has 0 unspecified atom stereocenters. The molecule has 0 nitrogen and oxygen atoms in total. The minimum Gasteiger partial charge on any atom is -0.0683 e. The fraction of sp³-hybridized carbons (Fsp3) is 0.357. The van der Waals surface area contributed by atoms with Crippen LogP contribution in [0, 0.1) is 0 Å². The van der Waals surface area contributed by atoms with Gasteiger partial charge in [0.15, 0.2) is 0 Å². The van der Waals surface area contributed by atoms with E-state index in [2.05, 4.69) is 126 Å². The highest BCUT2D eigenvalue weighted by molar-refractivity contribution is 5.68. The zero-order valence-corrected chi connectivity index (χ0v) is 19.1. The van der Waals surface area contributed by atoms with Crippen molar-refractivity contribution in [2.75, 3.05) is 0 Å². The van der Waals surface area contributed by atoms with Crippen LogP contribution < -0.4 is 0 Å². The molecule has 3 rings (SSSR count). The summed E-state index contributed by atoms with van der Waals surface area (Å²) >= 11 is 0. The normalized spacial score (nSPS) is 10.9. The third-order valence-electron chi connectivity index (χ3n) is 4.46. The lowest BCUT2D eigenvalue weighted by atomic mass is 9.82. The topological polar surface area (TPSA) is 0 Å². The van der Waals surface area contributed by atoms with Crippen molar-refractivity contribution in [3.05, 3.63) is 96.1 Å². The number of rotatable bonds is 1. The van der Waals surface area contributed by atoms with E-state index in [-0.39, 0.29) is 5.41 Å². The van der Waals surface area contributed by atoms with E-state index in [1.807, 2.05) is 13.8 Å². The Bertz CT molecular complexity index is 785. The van der Waals surface area contributed by atoms with Gasteiger partial charge < -0.3 is 0 Å². The third kappa shape index (κ3) is 7.35. The summed E-state index contributed by atoms with van der Waals surface area (Å²) < 4.78 is 0. The van der Waals surface area contributed by atoms with Crippen molar-refractivity contribution in [2.24, 2.45) is 0 Å². The van der Waals surface area contributed by atoms with Gasteiger partial charge in [0.2, 0.25) is 0 Å². The van der Waals surface area contributed by atoms with Gasteiger partial charge in [0, 0.05) is 0 Å². The summed E-state index contributed by atoms with van der Waals surface area (Å²) in [6, 6.07) is 29.8. The van der Waals surface area contributed by atoms with Crippen LogP contribution in [0.15, 0.2) is 84.9 Å². The molecule has 150 valence electrons. The van der Waals surface area contributed by atoms with Crippen molar-refractivity contribution in [3.63, 3.8) is 0 Å². The van der Waals surface area contributed by atoms with Crippen LogP contribution in [0.5, 0.6) is 0 Å². The molecule has 0 aliphatic rings. The summed E-state index contributed by atoms with van der Waals surface area (Å²) in [5.74, 6) is 0. The van der Waals surface area contributed by atoms with Crippen molar-refractivity contribution >= 4 is 0 Å². The van der Waals surface area contributed by atoms with Gasteiger partial charge in [0.25, 0.3) is 0 Å². The predicted octanol–water partition coefficient (Wildman–Crippen LogP) is 8.66. The van der Waals surface area contributed by atoms with Crippen molar-refractivity contribution < 1.29 is 0 Å². The average Bonchev–Trinajstić information content (AvgIpc) is 2.70. The van der Waals surface area contributed by atoms with Gasteiger partial charge in [-0.2, -0.15) is 0 Å². The molecule has 0 heteroatoms. The second-order valence-electron chi connectivity index (χ2n) is 8.78. The molecule has 0 N–H and O–H groups in total. The zero-order chi connectivity index (χ0) is 21.2. The maximum Gasteiger partial charge on any atom is -0.0126 e. The van der Waals surface area contributed by atoms with Crippen LogP contribution in [-0.2, 0) is 10.8 Å².